The van der Waals surface area contributed by atoms with E-state index in [1.807, 2.05) is 51.1 Å². The van der Waals surface area contributed by atoms with Crippen molar-refractivity contribution in [1.82, 2.24) is 10.6 Å². The van der Waals surface area contributed by atoms with E-state index >= 15 is 0 Å². The molecule has 0 saturated heterocycles. The number of sulfone groups is 1. The SMILES string of the molecule is C=CC(Cc1ccc(CN)c(S(C)(=O)=O)c1)NC(=O)C(CC(=O)C(CCC)NC(=O)[C@H](Cc1ccccc1)N=[N+]=[N-])CC(C)C. The first-order valence-electron chi connectivity index (χ1n) is 15.2. The van der Waals surface area contributed by atoms with Crippen LogP contribution in [-0.4, -0.2) is 50.4 Å². The molecule has 0 aliphatic carbocycles. The van der Waals surface area contributed by atoms with Crippen molar-refractivity contribution < 1.29 is 22.8 Å². The molecule has 0 radical (unpaired) electrons. The Morgan fingerprint density at radius 3 is 2.29 bits per heavy atom. The van der Waals surface area contributed by atoms with E-state index in [9.17, 15) is 22.8 Å². The first-order valence-corrected chi connectivity index (χ1v) is 17.1. The molecule has 0 heterocycles. The summed E-state index contributed by atoms with van der Waals surface area (Å²) in [6, 6.07) is 11.8. The predicted molar refractivity (Wildman–Crippen MR) is 176 cm³/mol. The van der Waals surface area contributed by atoms with Crippen LogP contribution in [0.4, 0.5) is 0 Å². The van der Waals surface area contributed by atoms with Crippen LogP contribution >= 0.6 is 0 Å². The van der Waals surface area contributed by atoms with Crippen molar-refractivity contribution in [3.63, 3.8) is 0 Å². The average molecular weight is 639 g/mol. The number of rotatable bonds is 19. The number of ketones is 1. The number of nitrogens with zero attached hydrogens (tertiary/aromatic N) is 3. The third kappa shape index (κ3) is 12.1. The fraction of sp³-hybridized carbons (Fsp3) is 0.485. The van der Waals surface area contributed by atoms with Crippen LogP contribution in [0, 0.1) is 11.8 Å². The topological polar surface area (TPSA) is 184 Å². The van der Waals surface area contributed by atoms with Gasteiger partial charge in [0, 0.05) is 30.1 Å². The molecule has 0 aromatic heterocycles. The van der Waals surface area contributed by atoms with E-state index in [4.69, 9.17) is 11.3 Å². The molecule has 0 saturated carbocycles. The third-order valence-electron chi connectivity index (χ3n) is 7.44. The van der Waals surface area contributed by atoms with Crippen LogP contribution in [0.15, 0.2) is 71.2 Å². The lowest BCUT2D eigenvalue weighted by atomic mass is 9.88. The summed E-state index contributed by atoms with van der Waals surface area (Å²) in [5, 5.41) is 9.40. The number of Topliss-reactive ketones (excluding diaryl/α,β-unsaturated/α-hetero) is 1. The van der Waals surface area contributed by atoms with Gasteiger partial charge in [-0.05, 0) is 59.9 Å². The van der Waals surface area contributed by atoms with Gasteiger partial charge in [-0.2, -0.15) is 0 Å². The van der Waals surface area contributed by atoms with Crippen LogP contribution in [0.5, 0.6) is 0 Å². The maximum Gasteiger partial charge on any atom is 0.229 e. The molecule has 12 heteroatoms. The van der Waals surface area contributed by atoms with E-state index in [2.05, 4.69) is 27.2 Å². The molecule has 3 unspecified atom stereocenters. The van der Waals surface area contributed by atoms with Crippen LogP contribution in [0.1, 0.15) is 63.1 Å². The number of carbonyl (C=O) groups is 3. The van der Waals surface area contributed by atoms with Crippen LogP contribution in [0.3, 0.4) is 0 Å². The van der Waals surface area contributed by atoms with Crippen molar-refractivity contribution in [3.05, 3.63) is 88.3 Å². The zero-order chi connectivity index (χ0) is 33.6. The van der Waals surface area contributed by atoms with Crippen LogP contribution in [0.25, 0.3) is 10.4 Å². The summed E-state index contributed by atoms with van der Waals surface area (Å²) in [5.41, 5.74) is 16.8. The van der Waals surface area contributed by atoms with Gasteiger partial charge in [0.25, 0.3) is 0 Å². The summed E-state index contributed by atoms with van der Waals surface area (Å²) in [6.45, 7) is 9.73. The minimum absolute atomic E-state index is 0.0773. The van der Waals surface area contributed by atoms with E-state index in [1.165, 1.54) is 0 Å². The van der Waals surface area contributed by atoms with Gasteiger partial charge in [-0.3, -0.25) is 14.4 Å². The number of azide groups is 1. The molecule has 4 atom stereocenters. The lowest BCUT2D eigenvalue weighted by Crippen LogP contribution is -2.47. The first kappa shape index (κ1) is 37.2. The van der Waals surface area contributed by atoms with Crippen LogP contribution in [-0.2, 0) is 43.6 Å². The van der Waals surface area contributed by atoms with Gasteiger partial charge in [0.2, 0.25) is 11.8 Å². The highest BCUT2D eigenvalue weighted by Gasteiger charge is 2.30. The van der Waals surface area contributed by atoms with Crippen molar-refractivity contribution in [1.29, 1.82) is 0 Å². The van der Waals surface area contributed by atoms with Gasteiger partial charge >= 0.3 is 0 Å². The Morgan fingerprint density at radius 1 is 1.04 bits per heavy atom. The van der Waals surface area contributed by atoms with Crippen molar-refractivity contribution in [3.8, 4) is 0 Å². The Labute approximate surface area is 266 Å². The predicted octanol–water partition coefficient (Wildman–Crippen LogP) is 4.59. The van der Waals surface area contributed by atoms with E-state index in [1.54, 1.807) is 24.3 Å². The van der Waals surface area contributed by atoms with Gasteiger partial charge in [-0.25, -0.2) is 8.42 Å². The number of carbonyl (C=O) groups excluding carboxylic acids is 3. The Balaban J connectivity index is 2.19. The highest BCUT2D eigenvalue weighted by Crippen LogP contribution is 2.21. The molecule has 4 N–H and O–H groups in total. The Kier molecular flexibility index (Phi) is 15.0. The molecule has 0 fully saturated rings. The molecule has 0 aliphatic rings. The van der Waals surface area contributed by atoms with Crippen molar-refractivity contribution in [2.45, 2.75) is 88.9 Å². The number of nitrogens with one attached hydrogen (secondary N) is 2. The first-order chi connectivity index (χ1) is 21.3. The highest BCUT2D eigenvalue weighted by molar-refractivity contribution is 7.90. The lowest BCUT2D eigenvalue weighted by molar-refractivity contribution is -0.132. The van der Waals surface area contributed by atoms with Crippen LogP contribution in [0.2, 0.25) is 0 Å². The van der Waals surface area contributed by atoms with Gasteiger partial charge in [0.1, 0.15) is 6.04 Å². The van der Waals surface area contributed by atoms with E-state index in [-0.39, 0.29) is 41.9 Å². The summed E-state index contributed by atoms with van der Waals surface area (Å²) in [4.78, 5) is 43.2. The molecule has 2 aromatic carbocycles. The number of amides is 2. The largest absolute Gasteiger partial charge is 0.349 e. The Morgan fingerprint density at radius 2 is 1.73 bits per heavy atom. The fourth-order valence-corrected chi connectivity index (χ4v) is 6.17. The Hall–Kier alpha value is -3.99. The van der Waals surface area contributed by atoms with Crippen molar-refractivity contribution >= 4 is 27.4 Å². The average Bonchev–Trinajstić information content (AvgIpc) is 2.99. The maximum atomic E-state index is 13.6. The normalized spacial score (nSPS) is 14.0. The molecule has 2 rings (SSSR count). The standard InChI is InChI=1S/C33H46N6O5S/c1-6-11-28(37-33(42)29(38-39-35)18-23-12-9-8-10-13-23)30(40)20-26(16-22(3)4)32(41)36-27(7-2)17-24-14-15-25(21-34)31(19-24)45(5,43)44/h7-10,12-15,19,22,26-29H,2,6,11,16-18,20-21,34H2,1,3-5H3,(H,36,41)(H,37,42)/t26?,27?,28?,29-/m0/s1. The zero-order valence-corrected chi connectivity index (χ0v) is 27.4. The summed E-state index contributed by atoms with van der Waals surface area (Å²) in [5.74, 6) is -1.72. The lowest BCUT2D eigenvalue weighted by Gasteiger charge is -2.25. The molecule has 0 aliphatic heterocycles. The number of benzene rings is 2. The van der Waals surface area contributed by atoms with Gasteiger partial charge in [-0.1, -0.05) is 80.8 Å². The quantitative estimate of drug-likeness (QED) is 0.0874. The maximum absolute atomic E-state index is 13.6. The van der Waals surface area contributed by atoms with Crippen molar-refractivity contribution in [2.24, 2.45) is 22.7 Å². The summed E-state index contributed by atoms with van der Waals surface area (Å²) in [6.07, 6.45) is 4.50. The molecular formula is C33H46N6O5S. The second kappa shape index (κ2) is 18.1. The molecule has 0 bridgehead atoms. The van der Waals surface area contributed by atoms with E-state index in [0.717, 1.165) is 11.8 Å². The Bertz CT molecular complexity index is 1470. The highest BCUT2D eigenvalue weighted by atomic mass is 32.2. The second-order valence-corrected chi connectivity index (χ2v) is 13.7. The van der Waals surface area contributed by atoms with Gasteiger partial charge < -0.3 is 16.4 Å². The molecule has 0 spiro atoms. The van der Waals surface area contributed by atoms with Gasteiger partial charge in [-0.15, -0.1) is 6.58 Å². The number of nitrogens with two attached hydrogens (primary N) is 1. The zero-order valence-electron chi connectivity index (χ0n) is 26.6. The van der Waals surface area contributed by atoms with Gasteiger partial charge in [0.15, 0.2) is 15.6 Å². The van der Waals surface area contributed by atoms with Crippen molar-refractivity contribution in [2.75, 3.05) is 6.26 Å². The molecule has 244 valence electrons. The molecule has 11 nitrogen and oxygen atoms in total. The van der Waals surface area contributed by atoms with E-state index in [0.29, 0.717) is 36.8 Å². The third-order valence-corrected chi connectivity index (χ3v) is 8.62. The fourth-order valence-electron chi connectivity index (χ4n) is 5.18. The number of hydrogen-bond donors (Lipinski definition) is 3. The second-order valence-electron chi connectivity index (χ2n) is 11.7. The summed E-state index contributed by atoms with van der Waals surface area (Å²) < 4.78 is 24.6. The smallest absolute Gasteiger partial charge is 0.229 e. The summed E-state index contributed by atoms with van der Waals surface area (Å²) >= 11 is 0. The number of hydrogen-bond acceptors (Lipinski definition) is 7. The molecule has 2 amide bonds. The van der Waals surface area contributed by atoms with Crippen LogP contribution < -0.4 is 16.4 Å². The minimum atomic E-state index is -3.50. The minimum Gasteiger partial charge on any atom is -0.349 e. The molecular weight excluding hydrogens is 592 g/mol. The molecule has 45 heavy (non-hydrogen) atoms. The molecule has 2 aromatic rings. The monoisotopic (exact) mass is 638 g/mol. The summed E-state index contributed by atoms with van der Waals surface area (Å²) in [7, 11) is -3.50. The van der Waals surface area contributed by atoms with E-state index < -0.39 is 39.8 Å². The van der Waals surface area contributed by atoms with Gasteiger partial charge in [0.05, 0.1) is 17.0 Å².